The summed E-state index contributed by atoms with van der Waals surface area (Å²) in [5, 5.41) is 2.74. The number of alkyl halides is 1. The molecule has 1 fully saturated rings. The van der Waals surface area contributed by atoms with Gasteiger partial charge in [-0.2, -0.15) is 0 Å². The van der Waals surface area contributed by atoms with Crippen molar-refractivity contribution in [1.82, 2.24) is 0 Å². The molecule has 1 saturated carbocycles. The Morgan fingerprint density at radius 2 is 1.81 bits per heavy atom. The Hall–Kier alpha value is -0.820. The maximum Gasteiger partial charge on any atom is 0.0404 e. The lowest BCUT2D eigenvalue weighted by atomic mass is 10.00. The largest absolute Gasteiger partial charge is 0.0838 e. The van der Waals surface area contributed by atoms with Gasteiger partial charge < -0.3 is 0 Å². The third kappa shape index (κ3) is 2.01. The van der Waals surface area contributed by atoms with Crippen molar-refractivity contribution in [1.29, 1.82) is 0 Å². The average Bonchev–Trinajstić information content (AvgIpc) is 3.12. The number of hydrogen-bond acceptors (Lipinski definition) is 0. The van der Waals surface area contributed by atoms with Gasteiger partial charge in [0.05, 0.1) is 0 Å². The van der Waals surface area contributed by atoms with E-state index in [9.17, 15) is 0 Å². The van der Waals surface area contributed by atoms with E-state index in [2.05, 4.69) is 58.4 Å². The van der Waals surface area contributed by atoms with Gasteiger partial charge in [-0.1, -0.05) is 71.2 Å². The summed E-state index contributed by atoms with van der Waals surface area (Å²) in [7, 11) is 0. The molecule has 1 heteroatoms. The molecule has 1 aliphatic carbocycles. The Kier molecular flexibility index (Phi) is 2.72. The van der Waals surface area contributed by atoms with Gasteiger partial charge >= 0.3 is 0 Å². The first-order valence-corrected chi connectivity index (χ1v) is 6.88. The Labute approximate surface area is 105 Å². The van der Waals surface area contributed by atoms with E-state index < -0.39 is 0 Å². The summed E-state index contributed by atoms with van der Waals surface area (Å²) in [5.41, 5.74) is 1.45. The van der Waals surface area contributed by atoms with E-state index in [-0.39, 0.29) is 0 Å². The van der Waals surface area contributed by atoms with Crippen molar-refractivity contribution in [3.05, 3.63) is 48.0 Å². The molecule has 2 aromatic rings. The SMILES string of the molecule is BrC(CC1CC1)c1cccc2ccccc12. The van der Waals surface area contributed by atoms with Gasteiger partial charge in [-0.05, 0) is 28.7 Å². The van der Waals surface area contributed by atoms with Crippen molar-refractivity contribution < 1.29 is 0 Å². The highest BCUT2D eigenvalue weighted by molar-refractivity contribution is 9.09. The minimum atomic E-state index is 0.520. The lowest BCUT2D eigenvalue weighted by molar-refractivity contribution is 0.724. The van der Waals surface area contributed by atoms with Gasteiger partial charge in [0.25, 0.3) is 0 Å². The lowest BCUT2D eigenvalue weighted by Crippen LogP contribution is -1.92. The predicted octanol–water partition coefficient (Wildman–Crippen LogP) is 5.08. The number of hydrogen-bond donors (Lipinski definition) is 0. The zero-order chi connectivity index (χ0) is 11.0. The lowest BCUT2D eigenvalue weighted by Gasteiger charge is -2.12. The highest BCUT2D eigenvalue weighted by atomic mass is 79.9. The molecule has 1 unspecified atom stereocenters. The van der Waals surface area contributed by atoms with Gasteiger partial charge in [-0.25, -0.2) is 0 Å². The first kappa shape index (κ1) is 10.3. The Morgan fingerprint density at radius 1 is 1.06 bits per heavy atom. The van der Waals surface area contributed by atoms with Gasteiger partial charge in [-0.3, -0.25) is 0 Å². The molecule has 16 heavy (non-hydrogen) atoms. The number of rotatable bonds is 3. The molecule has 0 spiro atoms. The average molecular weight is 275 g/mol. The second-order valence-electron chi connectivity index (χ2n) is 4.71. The van der Waals surface area contributed by atoms with Crippen LogP contribution in [0.25, 0.3) is 10.8 Å². The molecule has 82 valence electrons. The molecule has 0 saturated heterocycles. The highest BCUT2D eigenvalue weighted by Crippen LogP contribution is 2.42. The molecule has 0 amide bonds. The first-order valence-electron chi connectivity index (χ1n) is 5.96. The quantitative estimate of drug-likeness (QED) is 0.685. The molecule has 2 aromatic carbocycles. The fourth-order valence-electron chi connectivity index (χ4n) is 2.30. The van der Waals surface area contributed by atoms with E-state index >= 15 is 0 Å². The number of halogens is 1. The fraction of sp³-hybridized carbons (Fsp3) is 0.333. The van der Waals surface area contributed by atoms with Crippen LogP contribution in [0.3, 0.4) is 0 Å². The summed E-state index contributed by atoms with van der Waals surface area (Å²) in [5.74, 6) is 0.961. The molecule has 0 radical (unpaired) electrons. The maximum atomic E-state index is 3.85. The van der Waals surface area contributed by atoms with Crippen LogP contribution in [-0.4, -0.2) is 0 Å². The summed E-state index contributed by atoms with van der Waals surface area (Å²) >= 11 is 3.85. The summed E-state index contributed by atoms with van der Waals surface area (Å²) < 4.78 is 0. The first-order chi connectivity index (χ1) is 7.84. The van der Waals surface area contributed by atoms with Gasteiger partial charge in [0.2, 0.25) is 0 Å². The minimum Gasteiger partial charge on any atom is -0.0838 e. The molecule has 1 aliphatic rings. The van der Waals surface area contributed by atoms with Crippen LogP contribution < -0.4 is 0 Å². The summed E-state index contributed by atoms with van der Waals surface area (Å²) in [6, 6.07) is 15.3. The van der Waals surface area contributed by atoms with Crippen LogP contribution in [0.15, 0.2) is 42.5 Å². The van der Waals surface area contributed by atoms with E-state index in [1.54, 1.807) is 0 Å². The zero-order valence-electron chi connectivity index (χ0n) is 9.20. The van der Waals surface area contributed by atoms with E-state index in [4.69, 9.17) is 0 Å². The molecule has 0 bridgehead atoms. The topological polar surface area (TPSA) is 0 Å². The second-order valence-corrected chi connectivity index (χ2v) is 5.82. The molecule has 0 aliphatic heterocycles. The van der Waals surface area contributed by atoms with Crippen LogP contribution >= 0.6 is 15.9 Å². The maximum absolute atomic E-state index is 3.85. The molecule has 3 rings (SSSR count). The summed E-state index contributed by atoms with van der Waals surface area (Å²) in [4.78, 5) is 0.520. The third-order valence-electron chi connectivity index (χ3n) is 3.40. The van der Waals surface area contributed by atoms with Crippen molar-refractivity contribution in [2.24, 2.45) is 5.92 Å². The Morgan fingerprint density at radius 3 is 2.62 bits per heavy atom. The summed E-state index contributed by atoms with van der Waals surface area (Å²) in [6.45, 7) is 0. The summed E-state index contributed by atoms with van der Waals surface area (Å²) in [6.07, 6.45) is 4.13. The van der Waals surface area contributed by atoms with E-state index in [0.29, 0.717) is 4.83 Å². The predicted molar refractivity (Wildman–Crippen MR) is 73.0 cm³/mol. The highest BCUT2D eigenvalue weighted by Gasteiger charge is 2.25. The molecule has 0 aromatic heterocycles. The monoisotopic (exact) mass is 274 g/mol. The van der Waals surface area contributed by atoms with Crippen molar-refractivity contribution >= 4 is 26.7 Å². The van der Waals surface area contributed by atoms with E-state index in [1.807, 2.05) is 0 Å². The molecule has 0 heterocycles. The van der Waals surface area contributed by atoms with Crippen LogP contribution in [0.4, 0.5) is 0 Å². The van der Waals surface area contributed by atoms with Crippen LogP contribution in [0.2, 0.25) is 0 Å². The number of fused-ring (bicyclic) bond motifs is 1. The van der Waals surface area contributed by atoms with Gasteiger partial charge in [-0.15, -0.1) is 0 Å². The van der Waals surface area contributed by atoms with Gasteiger partial charge in [0.1, 0.15) is 0 Å². The van der Waals surface area contributed by atoms with Crippen LogP contribution in [0.5, 0.6) is 0 Å². The Balaban J connectivity index is 2.00. The molecular formula is C15H15Br. The third-order valence-corrected chi connectivity index (χ3v) is 4.27. The second kappa shape index (κ2) is 4.21. The smallest absolute Gasteiger partial charge is 0.0404 e. The van der Waals surface area contributed by atoms with Crippen LogP contribution in [0.1, 0.15) is 29.7 Å². The molecular weight excluding hydrogens is 260 g/mol. The minimum absolute atomic E-state index is 0.520. The van der Waals surface area contributed by atoms with Gasteiger partial charge in [0.15, 0.2) is 0 Å². The van der Waals surface area contributed by atoms with Crippen LogP contribution in [-0.2, 0) is 0 Å². The van der Waals surface area contributed by atoms with E-state index in [1.165, 1.54) is 35.6 Å². The van der Waals surface area contributed by atoms with Crippen molar-refractivity contribution in [3.8, 4) is 0 Å². The standard InChI is InChI=1S/C15H15Br/c16-15(10-11-8-9-11)14-7-3-5-12-4-1-2-6-13(12)14/h1-7,11,15H,8-10H2. The molecule has 0 N–H and O–H groups in total. The normalized spacial score (nSPS) is 17.6. The van der Waals surface area contributed by atoms with Crippen molar-refractivity contribution in [2.45, 2.75) is 24.1 Å². The molecule has 1 atom stereocenters. The fourth-order valence-corrected chi connectivity index (χ4v) is 3.22. The van der Waals surface area contributed by atoms with Crippen molar-refractivity contribution in [3.63, 3.8) is 0 Å². The Bertz CT molecular complexity index is 494. The zero-order valence-corrected chi connectivity index (χ0v) is 10.8. The van der Waals surface area contributed by atoms with Crippen molar-refractivity contribution in [2.75, 3.05) is 0 Å². The van der Waals surface area contributed by atoms with Gasteiger partial charge in [0, 0.05) is 4.83 Å². The number of benzene rings is 2. The molecule has 0 nitrogen and oxygen atoms in total. The van der Waals surface area contributed by atoms with Crippen LogP contribution in [0, 0.1) is 5.92 Å². The van der Waals surface area contributed by atoms with E-state index in [0.717, 1.165) is 5.92 Å².